The fraction of sp³-hybridized carbons (Fsp3) is 0.190. The fourth-order valence-corrected chi connectivity index (χ4v) is 6.96. The summed E-state index contributed by atoms with van der Waals surface area (Å²) in [6.07, 6.45) is 3.78. The molecular weight excluding hydrogens is 741 g/mol. The van der Waals surface area contributed by atoms with Crippen molar-refractivity contribution >= 4 is 0 Å². The summed E-state index contributed by atoms with van der Waals surface area (Å²) in [6.45, 7) is 13.3. The first kappa shape index (κ1) is 31.6. The van der Waals surface area contributed by atoms with E-state index in [9.17, 15) is 0 Å². The van der Waals surface area contributed by atoms with Gasteiger partial charge in [-0.1, -0.05) is 105 Å². The van der Waals surface area contributed by atoms with Crippen LogP contribution in [0.3, 0.4) is 0 Å². The van der Waals surface area contributed by atoms with Crippen LogP contribution in [0.25, 0.3) is 33.6 Å². The van der Waals surface area contributed by atoms with E-state index in [2.05, 4.69) is 112 Å². The number of ether oxygens (including phenoxy) is 1. The van der Waals surface area contributed by atoms with Crippen LogP contribution >= 0.6 is 0 Å². The molecule has 3 heterocycles. The van der Waals surface area contributed by atoms with Gasteiger partial charge in [0.05, 0.1) is 5.75 Å². The number of rotatable bonds is 2. The number of aryl methyl sites for hydroxylation is 2. The van der Waals surface area contributed by atoms with Crippen molar-refractivity contribution in [2.45, 2.75) is 52.4 Å². The molecule has 4 heteroatoms. The molecule has 0 atom stereocenters. The molecule has 0 fully saturated rings. The van der Waals surface area contributed by atoms with Crippen LogP contribution in [0.5, 0.6) is 11.5 Å². The van der Waals surface area contributed by atoms with Crippen molar-refractivity contribution in [1.82, 2.24) is 9.97 Å². The molecule has 8 rings (SSSR count). The third-order valence-electron chi connectivity index (χ3n) is 9.43. The molecule has 0 N–H and O–H groups in total. The average molecular weight is 777 g/mol. The second kappa shape index (κ2) is 12.1. The Morgan fingerprint density at radius 3 is 1.98 bits per heavy atom. The molecule has 0 amide bonds. The summed E-state index contributed by atoms with van der Waals surface area (Å²) in [5, 5.41) is 0. The van der Waals surface area contributed by atoms with E-state index in [4.69, 9.17) is 4.74 Å². The minimum absolute atomic E-state index is 0. The second-order valence-electron chi connectivity index (χ2n) is 13.0. The molecule has 2 aromatic heterocycles. The number of fused-ring (bicyclic) bond motifs is 5. The molecule has 2 aliphatic rings. The van der Waals surface area contributed by atoms with Gasteiger partial charge in [0.2, 0.25) is 0 Å². The van der Waals surface area contributed by atoms with Crippen LogP contribution in [0.4, 0.5) is 0 Å². The summed E-state index contributed by atoms with van der Waals surface area (Å²) < 4.78 is 6.13. The first-order valence-electron chi connectivity index (χ1n) is 15.5. The van der Waals surface area contributed by atoms with E-state index in [1.807, 2.05) is 60.9 Å². The Bertz CT molecular complexity index is 2060. The van der Waals surface area contributed by atoms with Crippen LogP contribution in [0, 0.1) is 26.0 Å². The molecule has 1 aliphatic heterocycles. The predicted molar refractivity (Wildman–Crippen MR) is 183 cm³/mol. The average Bonchev–Trinajstić information content (AvgIpc) is 3.29. The minimum atomic E-state index is -0.158. The van der Waals surface area contributed by atoms with Gasteiger partial charge in [-0.3, -0.25) is 0 Å². The monoisotopic (exact) mass is 777 g/mol. The van der Waals surface area contributed by atoms with E-state index in [-0.39, 0.29) is 30.9 Å². The molecule has 231 valence electrons. The summed E-state index contributed by atoms with van der Waals surface area (Å²) in [4.78, 5) is 9.18. The van der Waals surface area contributed by atoms with Crippen LogP contribution in [0.2, 0.25) is 0 Å². The first-order valence-corrected chi connectivity index (χ1v) is 15.5. The second-order valence-corrected chi connectivity index (χ2v) is 13.0. The van der Waals surface area contributed by atoms with Gasteiger partial charge in [-0.05, 0) is 70.5 Å². The van der Waals surface area contributed by atoms with Crippen molar-refractivity contribution in [3.8, 4) is 45.1 Å². The maximum atomic E-state index is 6.13. The van der Waals surface area contributed by atoms with Gasteiger partial charge in [0.25, 0.3) is 0 Å². The Hall–Kier alpha value is -4.37. The Morgan fingerprint density at radius 1 is 0.587 bits per heavy atom. The van der Waals surface area contributed by atoms with Gasteiger partial charge in [-0.15, -0.1) is 53.1 Å². The van der Waals surface area contributed by atoms with Crippen molar-refractivity contribution in [2.75, 3.05) is 0 Å². The molecular formula is C42H36IrN2O-2. The number of aromatic nitrogens is 2. The molecule has 0 spiro atoms. The zero-order chi connectivity index (χ0) is 31.3. The molecule has 46 heavy (non-hydrogen) atoms. The number of hydrogen-bond donors (Lipinski definition) is 0. The SMILES string of the molecule is CC1(C)c2ccccc2Oc2cc[c-]c(-c3ccccn3)c21.Cc1cnc(-c2[c-]ccc3c2C(C)(C)c2ccccc2-3)cc1C.[Ir]. The summed E-state index contributed by atoms with van der Waals surface area (Å²) in [6, 6.07) is 40.0. The van der Waals surface area contributed by atoms with Crippen LogP contribution in [-0.4, -0.2) is 9.97 Å². The zero-order valence-electron chi connectivity index (χ0n) is 27.0. The summed E-state index contributed by atoms with van der Waals surface area (Å²) in [5.41, 5.74) is 14.1. The number of nitrogens with zero attached hydrogens (tertiary/aromatic N) is 2. The summed E-state index contributed by atoms with van der Waals surface area (Å²) >= 11 is 0. The Kier molecular flexibility index (Phi) is 8.31. The maximum Gasteiger partial charge on any atom is 0.128 e. The van der Waals surface area contributed by atoms with Crippen LogP contribution in [-0.2, 0) is 30.9 Å². The fourth-order valence-electron chi connectivity index (χ4n) is 6.96. The van der Waals surface area contributed by atoms with Crippen molar-refractivity contribution in [3.63, 3.8) is 0 Å². The van der Waals surface area contributed by atoms with Crippen molar-refractivity contribution in [1.29, 1.82) is 0 Å². The van der Waals surface area contributed by atoms with Gasteiger partial charge in [-0.2, -0.15) is 0 Å². The van der Waals surface area contributed by atoms with E-state index in [1.165, 1.54) is 38.9 Å². The largest absolute Gasteiger partial charge is 0.476 e. The standard InChI is InChI=1S/C22H20N.C20H16NO.Ir/c1-14-12-20(23-13-15(14)2)18-10-7-9-17-16-8-5-6-11-19(16)22(3,4)21(17)18;1-20(2)15-9-3-4-11-17(15)22-18-12-7-8-14(19(18)20)16-10-5-6-13-21-16;/h5-9,11-13H,1-4H3;3-7,9-13H,1-2H3;/q2*-1;. The van der Waals surface area contributed by atoms with E-state index in [0.717, 1.165) is 39.6 Å². The zero-order valence-corrected chi connectivity index (χ0v) is 29.4. The molecule has 0 saturated heterocycles. The van der Waals surface area contributed by atoms with Crippen LogP contribution < -0.4 is 4.74 Å². The van der Waals surface area contributed by atoms with Crippen molar-refractivity contribution in [2.24, 2.45) is 0 Å². The molecule has 3 nitrogen and oxygen atoms in total. The topological polar surface area (TPSA) is 35.0 Å². The molecule has 0 unspecified atom stereocenters. The molecule has 4 aromatic carbocycles. The number of benzene rings is 4. The van der Waals surface area contributed by atoms with Crippen LogP contribution in [0.15, 0.2) is 109 Å². The summed E-state index contributed by atoms with van der Waals surface area (Å²) in [7, 11) is 0. The quantitative estimate of drug-likeness (QED) is 0.164. The normalized spacial score (nSPS) is 14.2. The molecule has 0 bridgehead atoms. The summed E-state index contributed by atoms with van der Waals surface area (Å²) in [5.74, 6) is 1.82. The minimum Gasteiger partial charge on any atom is -0.476 e. The van der Waals surface area contributed by atoms with E-state index in [1.54, 1.807) is 0 Å². The van der Waals surface area contributed by atoms with Gasteiger partial charge in [-0.25, -0.2) is 0 Å². The molecule has 1 radical (unpaired) electrons. The molecule has 6 aromatic rings. The van der Waals surface area contributed by atoms with Crippen LogP contribution in [0.1, 0.15) is 61.1 Å². The number of para-hydroxylation sites is 1. The van der Waals surface area contributed by atoms with Gasteiger partial charge < -0.3 is 14.7 Å². The predicted octanol–water partition coefficient (Wildman–Crippen LogP) is 10.4. The number of hydrogen-bond acceptors (Lipinski definition) is 3. The molecule has 1 aliphatic carbocycles. The third kappa shape index (κ3) is 5.20. The van der Waals surface area contributed by atoms with Crippen molar-refractivity contribution < 1.29 is 24.8 Å². The van der Waals surface area contributed by atoms with Gasteiger partial charge in [0.15, 0.2) is 0 Å². The Balaban J connectivity index is 0.000000158. The third-order valence-corrected chi connectivity index (χ3v) is 9.43. The number of pyridine rings is 2. The molecule has 0 saturated carbocycles. The van der Waals surface area contributed by atoms with Gasteiger partial charge in [0, 0.05) is 32.5 Å². The van der Waals surface area contributed by atoms with Gasteiger partial charge in [0.1, 0.15) is 5.75 Å². The van der Waals surface area contributed by atoms with E-state index < -0.39 is 0 Å². The van der Waals surface area contributed by atoms with E-state index in [0.29, 0.717) is 0 Å². The van der Waals surface area contributed by atoms with Gasteiger partial charge >= 0.3 is 0 Å². The smallest absolute Gasteiger partial charge is 0.128 e. The van der Waals surface area contributed by atoms with Crippen molar-refractivity contribution in [3.05, 3.63) is 155 Å². The Morgan fingerprint density at radius 2 is 1.24 bits per heavy atom. The maximum absolute atomic E-state index is 6.13. The Labute approximate surface area is 286 Å². The van der Waals surface area contributed by atoms with E-state index >= 15 is 0 Å². The first-order chi connectivity index (χ1) is 21.7.